The van der Waals surface area contributed by atoms with Crippen LogP contribution in [-0.2, 0) is 35.2 Å². The minimum atomic E-state index is -1.49. The molecule has 2 rings (SSSR count). The molecule has 1 aromatic carbocycles. The number of carbonyl (C=O) groups excluding carboxylic acids is 3. The number of nitrogens with zero attached hydrogens (tertiary/aromatic N) is 1. The number of amides is 3. The monoisotopic (exact) mass is 506 g/mol. The van der Waals surface area contributed by atoms with Crippen molar-refractivity contribution >= 4 is 35.6 Å². The maximum absolute atomic E-state index is 13.2. The molecule has 4 atom stereocenters. The predicted molar refractivity (Wildman–Crippen MR) is 123 cm³/mol. The number of nitrogens with two attached hydrogens (primary N) is 1. The van der Waals surface area contributed by atoms with E-state index >= 15 is 0 Å². The van der Waals surface area contributed by atoms with Crippen LogP contribution >= 0.6 is 0 Å². The zero-order valence-electron chi connectivity index (χ0n) is 19.5. The van der Waals surface area contributed by atoms with Gasteiger partial charge in [-0.05, 0) is 31.2 Å². The molecule has 1 aliphatic heterocycles. The number of likely N-dealkylation sites (tertiary alicyclic amines) is 1. The van der Waals surface area contributed by atoms with Crippen LogP contribution in [0.2, 0.25) is 0 Å². The molecule has 1 aliphatic rings. The van der Waals surface area contributed by atoms with Gasteiger partial charge in [-0.25, -0.2) is 4.79 Å². The Labute approximate surface area is 206 Å². The second kappa shape index (κ2) is 13.2. The highest BCUT2D eigenvalue weighted by Crippen LogP contribution is 2.20. The van der Waals surface area contributed by atoms with Crippen LogP contribution < -0.4 is 16.4 Å². The first-order chi connectivity index (χ1) is 17.0. The van der Waals surface area contributed by atoms with Gasteiger partial charge in [-0.2, -0.15) is 0 Å². The molecule has 7 N–H and O–H groups in total. The lowest BCUT2D eigenvalue weighted by molar-refractivity contribution is -0.147. The standard InChI is InChI=1S/C23H30N4O9/c24-14(11-13-5-2-1-3-6-13)20(32)26-16(12-19(30)31)22(34)27-10-4-7-17(27)21(33)25-15(23(35)36)8-9-18(28)29/h1-3,5-6,14-17H,4,7-12,24H2,(H,25,33)(H,26,32)(H,28,29)(H,30,31)(H,35,36). The second-order valence-electron chi connectivity index (χ2n) is 8.48. The minimum Gasteiger partial charge on any atom is -0.481 e. The van der Waals surface area contributed by atoms with E-state index in [1.807, 2.05) is 0 Å². The van der Waals surface area contributed by atoms with Gasteiger partial charge in [0.1, 0.15) is 18.1 Å². The van der Waals surface area contributed by atoms with E-state index in [-0.39, 0.29) is 25.8 Å². The quantitative estimate of drug-likeness (QED) is 0.190. The minimum absolute atomic E-state index is 0.0891. The van der Waals surface area contributed by atoms with Crippen LogP contribution in [0.25, 0.3) is 0 Å². The summed E-state index contributed by atoms with van der Waals surface area (Å²) in [5.41, 5.74) is 6.72. The predicted octanol–water partition coefficient (Wildman–Crippen LogP) is -1.06. The topological polar surface area (TPSA) is 216 Å². The van der Waals surface area contributed by atoms with Crippen molar-refractivity contribution in [1.82, 2.24) is 15.5 Å². The van der Waals surface area contributed by atoms with Crippen molar-refractivity contribution in [2.24, 2.45) is 5.73 Å². The molecule has 0 spiro atoms. The van der Waals surface area contributed by atoms with Gasteiger partial charge in [0.15, 0.2) is 0 Å². The van der Waals surface area contributed by atoms with Crippen molar-refractivity contribution < 1.29 is 44.1 Å². The Bertz CT molecular complexity index is 985. The molecule has 196 valence electrons. The van der Waals surface area contributed by atoms with Gasteiger partial charge in [0, 0.05) is 13.0 Å². The van der Waals surface area contributed by atoms with Gasteiger partial charge in [-0.15, -0.1) is 0 Å². The number of carboxylic acids is 3. The normalized spacial score (nSPS) is 17.5. The van der Waals surface area contributed by atoms with E-state index in [2.05, 4.69) is 10.6 Å². The molecule has 1 aromatic rings. The molecule has 1 heterocycles. The van der Waals surface area contributed by atoms with E-state index in [1.54, 1.807) is 30.3 Å². The van der Waals surface area contributed by atoms with Gasteiger partial charge in [0.2, 0.25) is 17.7 Å². The van der Waals surface area contributed by atoms with Crippen LogP contribution in [0.1, 0.15) is 37.7 Å². The fourth-order valence-corrected chi connectivity index (χ4v) is 3.91. The molecule has 13 heteroatoms. The molecular formula is C23H30N4O9. The highest BCUT2D eigenvalue weighted by Gasteiger charge is 2.39. The summed E-state index contributed by atoms with van der Waals surface area (Å²) in [6, 6.07) is 3.74. The second-order valence-corrected chi connectivity index (χ2v) is 8.48. The molecule has 13 nitrogen and oxygen atoms in total. The molecule has 36 heavy (non-hydrogen) atoms. The number of carboxylic acid groups (broad SMARTS) is 3. The molecule has 0 saturated carbocycles. The Morgan fingerprint density at radius 2 is 1.64 bits per heavy atom. The summed E-state index contributed by atoms with van der Waals surface area (Å²) in [5, 5.41) is 32.0. The lowest BCUT2D eigenvalue weighted by atomic mass is 10.0. The van der Waals surface area contributed by atoms with Crippen LogP contribution in [-0.4, -0.2) is 86.6 Å². The van der Waals surface area contributed by atoms with Crippen LogP contribution in [0.5, 0.6) is 0 Å². The first-order valence-corrected chi connectivity index (χ1v) is 11.4. The zero-order valence-corrected chi connectivity index (χ0v) is 19.5. The fraction of sp³-hybridized carbons (Fsp3) is 0.478. The average Bonchev–Trinajstić information content (AvgIpc) is 3.30. The Morgan fingerprint density at radius 1 is 0.972 bits per heavy atom. The van der Waals surface area contributed by atoms with Gasteiger partial charge in [0.05, 0.1) is 12.5 Å². The fourth-order valence-electron chi connectivity index (χ4n) is 3.91. The number of nitrogens with one attached hydrogen (secondary N) is 2. The first kappa shape index (κ1) is 28.2. The van der Waals surface area contributed by atoms with Crippen molar-refractivity contribution in [3.8, 4) is 0 Å². The number of hydrogen-bond acceptors (Lipinski definition) is 7. The van der Waals surface area contributed by atoms with E-state index in [0.29, 0.717) is 6.42 Å². The molecule has 4 unspecified atom stereocenters. The third-order valence-electron chi connectivity index (χ3n) is 5.73. The van der Waals surface area contributed by atoms with E-state index in [0.717, 1.165) is 10.5 Å². The molecular weight excluding hydrogens is 476 g/mol. The summed E-state index contributed by atoms with van der Waals surface area (Å²) >= 11 is 0. The average molecular weight is 507 g/mol. The summed E-state index contributed by atoms with van der Waals surface area (Å²) in [6.45, 7) is 0.0891. The first-order valence-electron chi connectivity index (χ1n) is 11.4. The summed E-state index contributed by atoms with van der Waals surface area (Å²) in [7, 11) is 0. The third kappa shape index (κ3) is 8.34. The number of hydrogen-bond donors (Lipinski definition) is 6. The summed E-state index contributed by atoms with van der Waals surface area (Å²) in [6.07, 6.45) is -0.858. The molecule has 1 fully saturated rings. The molecule has 0 aromatic heterocycles. The van der Waals surface area contributed by atoms with Crippen molar-refractivity contribution in [3.05, 3.63) is 35.9 Å². The van der Waals surface area contributed by atoms with Crippen LogP contribution in [0, 0.1) is 0 Å². The van der Waals surface area contributed by atoms with E-state index in [9.17, 15) is 39.0 Å². The highest BCUT2D eigenvalue weighted by atomic mass is 16.4. The van der Waals surface area contributed by atoms with Crippen molar-refractivity contribution in [3.63, 3.8) is 0 Å². The van der Waals surface area contributed by atoms with Crippen molar-refractivity contribution in [2.45, 2.75) is 62.7 Å². The molecule has 0 aliphatic carbocycles. The summed E-state index contributed by atoms with van der Waals surface area (Å²) in [5.74, 6) is -6.37. The van der Waals surface area contributed by atoms with E-state index < -0.39 is 72.6 Å². The van der Waals surface area contributed by atoms with E-state index in [1.165, 1.54) is 0 Å². The number of benzene rings is 1. The van der Waals surface area contributed by atoms with Gasteiger partial charge < -0.3 is 36.6 Å². The van der Waals surface area contributed by atoms with Gasteiger partial charge in [-0.1, -0.05) is 30.3 Å². The lowest BCUT2D eigenvalue weighted by Crippen LogP contribution is -2.57. The highest BCUT2D eigenvalue weighted by molar-refractivity contribution is 5.96. The number of rotatable bonds is 13. The maximum Gasteiger partial charge on any atom is 0.326 e. The number of carbonyl (C=O) groups is 6. The van der Waals surface area contributed by atoms with Crippen LogP contribution in [0.4, 0.5) is 0 Å². The third-order valence-corrected chi connectivity index (χ3v) is 5.73. The summed E-state index contributed by atoms with van der Waals surface area (Å²) < 4.78 is 0. The van der Waals surface area contributed by atoms with Crippen LogP contribution in [0.15, 0.2) is 30.3 Å². The van der Waals surface area contributed by atoms with E-state index in [4.69, 9.17) is 10.8 Å². The Balaban J connectivity index is 2.10. The molecule has 0 bridgehead atoms. The van der Waals surface area contributed by atoms with Gasteiger partial charge in [0.25, 0.3) is 0 Å². The Morgan fingerprint density at radius 3 is 2.22 bits per heavy atom. The smallest absolute Gasteiger partial charge is 0.326 e. The van der Waals surface area contributed by atoms with Gasteiger partial charge in [-0.3, -0.25) is 24.0 Å². The SMILES string of the molecule is NC(Cc1ccccc1)C(=O)NC(CC(=O)O)C(=O)N1CCCC1C(=O)NC(CCC(=O)O)C(=O)O. The number of aliphatic carboxylic acids is 3. The maximum atomic E-state index is 13.2. The Kier molecular flexibility index (Phi) is 10.3. The van der Waals surface area contributed by atoms with Crippen molar-refractivity contribution in [2.75, 3.05) is 6.54 Å². The van der Waals surface area contributed by atoms with Gasteiger partial charge >= 0.3 is 17.9 Å². The largest absolute Gasteiger partial charge is 0.481 e. The molecule has 1 saturated heterocycles. The Hall–Kier alpha value is -4.00. The van der Waals surface area contributed by atoms with Crippen LogP contribution in [0.3, 0.4) is 0 Å². The summed E-state index contributed by atoms with van der Waals surface area (Å²) in [4.78, 5) is 73.2. The molecule has 0 radical (unpaired) electrons. The van der Waals surface area contributed by atoms with Crippen molar-refractivity contribution in [1.29, 1.82) is 0 Å². The molecule has 3 amide bonds. The zero-order chi connectivity index (χ0) is 26.8. The lowest BCUT2D eigenvalue weighted by Gasteiger charge is -2.29.